The van der Waals surface area contributed by atoms with E-state index in [0.29, 0.717) is 12.1 Å². The minimum atomic E-state index is -0.167. The number of hydrogen-bond donors (Lipinski definition) is 3. The predicted octanol–water partition coefficient (Wildman–Crippen LogP) is 1.47. The molecule has 3 N–H and O–H groups in total. The summed E-state index contributed by atoms with van der Waals surface area (Å²) in [6.07, 6.45) is 2.31. The van der Waals surface area contributed by atoms with Crippen LogP contribution in [-0.4, -0.2) is 44.4 Å². The van der Waals surface area contributed by atoms with E-state index in [1.165, 1.54) is 0 Å². The Labute approximate surface area is 177 Å². The minimum Gasteiger partial charge on any atom is -0.322 e. The molecule has 1 unspecified atom stereocenters. The van der Waals surface area contributed by atoms with Gasteiger partial charge in [-0.3, -0.25) is 14.4 Å². The molecule has 158 valence electrons. The van der Waals surface area contributed by atoms with Gasteiger partial charge in [-0.1, -0.05) is 25.1 Å². The fraction of sp³-hybridized carbons (Fsp3) is 0.348. The number of amides is 3. The highest BCUT2D eigenvalue weighted by Crippen LogP contribution is 2.22. The van der Waals surface area contributed by atoms with Crippen LogP contribution in [0.25, 0.3) is 0 Å². The maximum absolute atomic E-state index is 12.3. The van der Waals surface area contributed by atoms with Gasteiger partial charge in [0.2, 0.25) is 5.91 Å². The Hall–Kier alpha value is -3.19. The van der Waals surface area contributed by atoms with Crippen LogP contribution < -0.4 is 20.4 Å². The monoisotopic (exact) mass is 409 g/mol. The van der Waals surface area contributed by atoms with E-state index in [-0.39, 0.29) is 30.8 Å². The lowest BCUT2D eigenvalue weighted by Crippen LogP contribution is -3.11. The van der Waals surface area contributed by atoms with Crippen LogP contribution in [0.4, 0.5) is 17.1 Å². The summed E-state index contributed by atoms with van der Waals surface area (Å²) in [6, 6.07) is 15.0. The number of benzene rings is 2. The molecule has 30 heavy (non-hydrogen) atoms. The number of rotatable bonds is 8. The summed E-state index contributed by atoms with van der Waals surface area (Å²) in [5, 5.41) is 5.78. The van der Waals surface area contributed by atoms with Crippen LogP contribution in [0.3, 0.4) is 0 Å². The Kier molecular flexibility index (Phi) is 7.19. The number of carbonyl (C=O) groups excluding carboxylic acids is 3. The molecule has 1 atom stereocenters. The number of hydrogen-bond acceptors (Lipinski definition) is 3. The van der Waals surface area contributed by atoms with Crippen molar-refractivity contribution in [3.63, 3.8) is 0 Å². The fourth-order valence-electron chi connectivity index (χ4n) is 3.61. The second-order valence-electron chi connectivity index (χ2n) is 7.61. The van der Waals surface area contributed by atoms with E-state index in [0.717, 1.165) is 41.2 Å². The number of carbonyl (C=O) groups is 3. The van der Waals surface area contributed by atoms with E-state index in [2.05, 4.69) is 10.6 Å². The number of aryl methyl sites for hydroxylation is 1. The Morgan fingerprint density at radius 1 is 1.00 bits per heavy atom. The highest BCUT2D eigenvalue weighted by Gasteiger charge is 2.21. The average Bonchev–Trinajstić information content (AvgIpc) is 3.14. The predicted molar refractivity (Wildman–Crippen MR) is 118 cm³/mol. The lowest BCUT2D eigenvalue weighted by molar-refractivity contribution is -0.862. The molecule has 7 heteroatoms. The van der Waals surface area contributed by atoms with Gasteiger partial charge in [0.15, 0.2) is 13.1 Å². The summed E-state index contributed by atoms with van der Waals surface area (Å²) in [7, 11) is 1.81. The number of anilines is 3. The van der Waals surface area contributed by atoms with Crippen molar-refractivity contribution in [1.29, 1.82) is 0 Å². The van der Waals surface area contributed by atoms with Gasteiger partial charge in [0, 0.05) is 30.0 Å². The quantitative estimate of drug-likeness (QED) is 0.617. The summed E-state index contributed by atoms with van der Waals surface area (Å²) in [6.45, 7) is 3.16. The van der Waals surface area contributed by atoms with Gasteiger partial charge in [-0.2, -0.15) is 0 Å². The van der Waals surface area contributed by atoms with E-state index in [4.69, 9.17) is 0 Å². The molecule has 0 aromatic heterocycles. The highest BCUT2D eigenvalue weighted by atomic mass is 16.2. The Morgan fingerprint density at radius 2 is 1.67 bits per heavy atom. The van der Waals surface area contributed by atoms with Gasteiger partial charge in [-0.25, -0.2) is 0 Å². The van der Waals surface area contributed by atoms with E-state index in [9.17, 15) is 14.4 Å². The first kappa shape index (κ1) is 21.5. The second kappa shape index (κ2) is 10.0. The van der Waals surface area contributed by atoms with Gasteiger partial charge in [-0.15, -0.1) is 0 Å². The number of nitrogens with one attached hydrogen (secondary N) is 3. The first-order valence-corrected chi connectivity index (χ1v) is 10.4. The zero-order chi connectivity index (χ0) is 21.5. The summed E-state index contributed by atoms with van der Waals surface area (Å²) in [5.41, 5.74) is 3.42. The number of likely N-dealkylation sites (N-methyl/N-ethyl adjacent to an activating group) is 1. The largest absolute Gasteiger partial charge is 0.322 e. The van der Waals surface area contributed by atoms with E-state index >= 15 is 0 Å². The van der Waals surface area contributed by atoms with Gasteiger partial charge in [0.1, 0.15) is 0 Å². The third-order valence-corrected chi connectivity index (χ3v) is 5.13. The molecule has 7 nitrogen and oxygen atoms in total. The molecule has 0 aliphatic carbocycles. The fourth-order valence-corrected chi connectivity index (χ4v) is 3.61. The zero-order valence-corrected chi connectivity index (χ0v) is 17.5. The molecule has 2 aromatic rings. The van der Waals surface area contributed by atoms with E-state index in [1.807, 2.05) is 50.4 Å². The molecule has 1 aliphatic heterocycles. The number of quaternary nitrogens is 1. The van der Waals surface area contributed by atoms with Crippen molar-refractivity contribution in [2.45, 2.75) is 26.2 Å². The van der Waals surface area contributed by atoms with Gasteiger partial charge >= 0.3 is 0 Å². The van der Waals surface area contributed by atoms with E-state index in [1.54, 1.807) is 17.0 Å². The highest BCUT2D eigenvalue weighted by molar-refractivity contribution is 5.96. The normalized spacial score (nSPS) is 14.5. The smallest absolute Gasteiger partial charge is 0.279 e. The molecule has 1 saturated heterocycles. The topological polar surface area (TPSA) is 82.9 Å². The molecule has 3 rings (SSSR count). The summed E-state index contributed by atoms with van der Waals surface area (Å²) < 4.78 is 0. The molecular formula is C23H29N4O3+. The Morgan fingerprint density at radius 3 is 2.30 bits per heavy atom. The van der Waals surface area contributed by atoms with Gasteiger partial charge in [-0.05, 0) is 48.7 Å². The molecule has 0 spiro atoms. The van der Waals surface area contributed by atoms with Crippen LogP contribution in [0, 0.1) is 0 Å². The van der Waals surface area contributed by atoms with Crippen LogP contribution in [0.2, 0.25) is 0 Å². The molecular weight excluding hydrogens is 380 g/mol. The SMILES string of the molecule is CCc1ccccc1NC(=O)C[NH+](C)CC(=O)Nc1ccc(N2CCCC2=O)cc1. The van der Waals surface area contributed by atoms with E-state index < -0.39 is 0 Å². The van der Waals surface area contributed by atoms with Crippen molar-refractivity contribution in [2.75, 3.05) is 42.2 Å². The third kappa shape index (κ3) is 5.67. The maximum atomic E-state index is 12.3. The standard InChI is InChI=1S/C23H28N4O3/c1-3-17-7-4-5-8-20(17)25-22(29)16-26(2)15-21(28)24-18-10-12-19(13-11-18)27-14-6-9-23(27)30/h4-5,7-8,10-13H,3,6,9,14-16H2,1-2H3,(H,24,28)(H,25,29)/p+1. The Bertz CT molecular complexity index is 911. The van der Waals surface area contributed by atoms with Crippen molar-refractivity contribution in [3.05, 3.63) is 54.1 Å². The second-order valence-corrected chi connectivity index (χ2v) is 7.61. The lowest BCUT2D eigenvalue weighted by Gasteiger charge is -2.17. The molecule has 2 aromatic carbocycles. The van der Waals surface area contributed by atoms with Gasteiger partial charge in [0.05, 0.1) is 7.05 Å². The van der Waals surface area contributed by atoms with Crippen molar-refractivity contribution in [3.8, 4) is 0 Å². The van der Waals surface area contributed by atoms with Crippen LogP contribution in [0.5, 0.6) is 0 Å². The van der Waals surface area contributed by atoms with Crippen molar-refractivity contribution in [2.24, 2.45) is 0 Å². The zero-order valence-electron chi connectivity index (χ0n) is 17.5. The molecule has 1 aliphatic rings. The van der Waals surface area contributed by atoms with Crippen LogP contribution >= 0.6 is 0 Å². The molecule has 0 saturated carbocycles. The lowest BCUT2D eigenvalue weighted by atomic mass is 10.1. The molecule has 3 amide bonds. The summed E-state index contributed by atoms with van der Waals surface area (Å²) in [4.78, 5) is 39.0. The summed E-state index contributed by atoms with van der Waals surface area (Å²) in [5.74, 6) is -0.156. The minimum absolute atomic E-state index is 0.124. The summed E-state index contributed by atoms with van der Waals surface area (Å²) >= 11 is 0. The molecule has 0 bridgehead atoms. The van der Waals surface area contributed by atoms with Gasteiger partial charge in [0.25, 0.3) is 11.8 Å². The molecule has 1 fully saturated rings. The molecule has 1 heterocycles. The average molecular weight is 410 g/mol. The Balaban J connectivity index is 1.47. The number of para-hydroxylation sites is 1. The number of nitrogens with zero attached hydrogens (tertiary/aromatic N) is 1. The van der Waals surface area contributed by atoms with Crippen LogP contribution in [-0.2, 0) is 20.8 Å². The van der Waals surface area contributed by atoms with Crippen molar-refractivity contribution in [1.82, 2.24) is 0 Å². The third-order valence-electron chi connectivity index (χ3n) is 5.13. The first-order valence-electron chi connectivity index (χ1n) is 10.4. The van der Waals surface area contributed by atoms with Crippen molar-refractivity contribution >= 4 is 34.8 Å². The van der Waals surface area contributed by atoms with Crippen LogP contribution in [0.1, 0.15) is 25.3 Å². The first-order chi connectivity index (χ1) is 14.5. The maximum Gasteiger partial charge on any atom is 0.279 e. The van der Waals surface area contributed by atoms with Crippen molar-refractivity contribution < 1.29 is 19.3 Å². The van der Waals surface area contributed by atoms with Gasteiger partial charge < -0.3 is 20.4 Å². The molecule has 0 radical (unpaired) electrons. The van der Waals surface area contributed by atoms with Crippen LogP contribution in [0.15, 0.2) is 48.5 Å².